The number of carbonyl (C=O) groups is 1. The van der Waals surface area contributed by atoms with E-state index in [-0.39, 0.29) is 40.7 Å². The van der Waals surface area contributed by atoms with E-state index in [4.69, 9.17) is 4.74 Å². The number of pyridine rings is 2. The standard InChI is InChI=1S/C22H15F5N4O3/c1-31(21(33)15-3-9-2-10(22(25,26)27)6-28-19(9)29-15)17-8-34-7-16-18(17)11-4-13(23)14(24)5-12(11)20(32)30-16/h2-6,17H,7-8H2,1H3,(H,28,29)(H,30,32)/t17-/m1/s1. The van der Waals surface area contributed by atoms with Gasteiger partial charge in [-0.25, -0.2) is 13.8 Å². The summed E-state index contributed by atoms with van der Waals surface area (Å²) in [5, 5.41) is 0.151. The molecule has 0 radical (unpaired) electrons. The van der Waals surface area contributed by atoms with Crippen molar-refractivity contribution in [3.05, 3.63) is 75.0 Å². The summed E-state index contributed by atoms with van der Waals surface area (Å²) in [5.74, 6) is -2.94. The maximum Gasteiger partial charge on any atom is 0.417 e. The molecule has 1 atom stereocenters. The highest BCUT2D eigenvalue weighted by Gasteiger charge is 2.33. The second kappa shape index (κ2) is 7.62. The highest BCUT2D eigenvalue weighted by molar-refractivity contribution is 5.98. The monoisotopic (exact) mass is 478 g/mol. The van der Waals surface area contributed by atoms with Crippen LogP contribution in [0.2, 0.25) is 0 Å². The van der Waals surface area contributed by atoms with Gasteiger partial charge < -0.3 is 19.6 Å². The van der Waals surface area contributed by atoms with Crippen molar-refractivity contribution in [2.24, 2.45) is 0 Å². The molecule has 0 saturated heterocycles. The Morgan fingerprint density at radius 2 is 1.82 bits per heavy atom. The molecule has 0 bridgehead atoms. The molecule has 7 nitrogen and oxygen atoms in total. The molecule has 34 heavy (non-hydrogen) atoms. The first-order chi connectivity index (χ1) is 16.0. The van der Waals surface area contributed by atoms with Gasteiger partial charge in [0.25, 0.3) is 11.5 Å². The number of fused-ring (bicyclic) bond motifs is 4. The van der Waals surface area contributed by atoms with E-state index in [0.29, 0.717) is 17.5 Å². The van der Waals surface area contributed by atoms with Gasteiger partial charge in [-0.1, -0.05) is 0 Å². The van der Waals surface area contributed by atoms with Crippen LogP contribution in [0.4, 0.5) is 22.0 Å². The van der Waals surface area contributed by atoms with Gasteiger partial charge >= 0.3 is 6.18 Å². The Hall–Kier alpha value is -3.80. The van der Waals surface area contributed by atoms with Crippen LogP contribution >= 0.6 is 0 Å². The predicted molar refractivity (Wildman–Crippen MR) is 110 cm³/mol. The summed E-state index contributed by atoms with van der Waals surface area (Å²) < 4.78 is 72.3. The molecular weight excluding hydrogens is 463 g/mol. The summed E-state index contributed by atoms with van der Waals surface area (Å²) in [4.78, 5) is 35.9. The molecule has 2 N–H and O–H groups in total. The largest absolute Gasteiger partial charge is 0.417 e. The molecule has 0 spiro atoms. The summed E-state index contributed by atoms with van der Waals surface area (Å²) in [7, 11) is 1.43. The second-order valence-corrected chi connectivity index (χ2v) is 7.95. The number of carbonyl (C=O) groups excluding carboxylic acids is 1. The van der Waals surface area contributed by atoms with Crippen molar-refractivity contribution in [2.45, 2.75) is 18.8 Å². The van der Waals surface area contributed by atoms with Crippen LogP contribution in [0.25, 0.3) is 21.8 Å². The van der Waals surface area contributed by atoms with Crippen molar-refractivity contribution in [1.29, 1.82) is 0 Å². The molecule has 4 aromatic rings. The maximum atomic E-state index is 14.0. The number of amides is 1. The number of hydrogen-bond acceptors (Lipinski definition) is 4. The summed E-state index contributed by atoms with van der Waals surface area (Å²) in [6, 6.07) is 3.02. The Morgan fingerprint density at radius 3 is 2.53 bits per heavy atom. The third-order valence-corrected chi connectivity index (χ3v) is 5.86. The molecule has 12 heteroatoms. The molecule has 0 aliphatic carbocycles. The molecule has 0 unspecified atom stereocenters. The zero-order chi connectivity index (χ0) is 24.4. The van der Waals surface area contributed by atoms with Crippen molar-refractivity contribution in [1.82, 2.24) is 19.9 Å². The maximum absolute atomic E-state index is 14.0. The van der Waals surface area contributed by atoms with Gasteiger partial charge in [0.15, 0.2) is 11.6 Å². The van der Waals surface area contributed by atoms with Crippen molar-refractivity contribution >= 4 is 27.7 Å². The summed E-state index contributed by atoms with van der Waals surface area (Å²) in [5.41, 5.74) is -0.810. The number of halogens is 5. The number of hydrogen-bond donors (Lipinski definition) is 2. The fourth-order valence-corrected chi connectivity index (χ4v) is 4.16. The summed E-state index contributed by atoms with van der Waals surface area (Å²) in [6.45, 7) is -0.0132. The Labute approximate surface area is 187 Å². The van der Waals surface area contributed by atoms with Crippen LogP contribution in [0.5, 0.6) is 0 Å². The molecule has 1 amide bonds. The third kappa shape index (κ3) is 3.50. The van der Waals surface area contributed by atoms with E-state index >= 15 is 0 Å². The number of benzene rings is 1. The van der Waals surface area contributed by atoms with Crippen LogP contribution < -0.4 is 5.56 Å². The minimum Gasteiger partial charge on any atom is -0.373 e. The van der Waals surface area contributed by atoms with Gasteiger partial charge in [-0.2, -0.15) is 13.2 Å². The van der Waals surface area contributed by atoms with E-state index in [1.807, 2.05) is 0 Å². The van der Waals surface area contributed by atoms with Gasteiger partial charge in [-0.3, -0.25) is 9.59 Å². The summed E-state index contributed by atoms with van der Waals surface area (Å²) >= 11 is 0. The van der Waals surface area contributed by atoms with E-state index in [9.17, 15) is 31.5 Å². The minimum absolute atomic E-state index is 0.00539. The number of alkyl halides is 3. The number of aromatic amines is 2. The second-order valence-electron chi connectivity index (χ2n) is 7.95. The number of nitrogens with one attached hydrogen (secondary N) is 2. The van der Waals surface area contributed by atoms with E-state index in [1.54, 1.807) is 0 Å². The highest BCUT2D eigenvalue weighted by atomic mass is 19.4. The van der Waals surface area contributed by atoms with Crippen LogP contribution in [0.1, 0.15) is 33.4 Å². The number of rotatable bonds is 2. The van der Waals surface area contributed by atoms with Gasteiger partial charge in [0.2, 0.25) is 0 Å². The average Bonchev–Trinajstić information content (AvgIpc) is 3.22. The van der Waals surface area contributed by atoms with Crippen LogP contribution in [0.3, 0.4) is 0 Å². The zero-order valence-corrected chi connectivity index (χ0v) is 17.4. The molecule has 1 aliphatic rings. The Morgan fingerprint density at radius 1 is 1.12 bits per heavy atom. The van der Waals surface area contributed by atoms with E-state index in [2.05, 4.69) is 15.0 Å². The predicted octanol–water partition coefficient (Wildman–Crippen LogP) is 4.04. The van der Waals surface area contributed by atoms with Crippen LogP contribution in [0.15, 0.2) is 35.3 Å². The molecule has 3 aromatic heterocycles. The van der Waals surface area contributed by atoms with Gasteiger partial charge in [-0.15, -0.1) is 0 Å². The normalized spacial score (nSPS) is 16.1. The lowest BCUT2D eigenvalue weighted by atomic mass is 9.95. The van der Waals surface area contributed by atoms with Crippen molar-refractivity contribution in [2.75, 3.05) is 13.7 Å². The number of likely N-dealkylation sites (N-methyl/N-ethyl adjacent to an activating group) is 1. The van der Waals surface area contributed by atoms with E-state index in [1.165, 1.54) is 18.0 Å². The van der Waals surface area contributed by atoms with Gasteiger partial charge in [-0.05, 0) is 29.7 Å². The molecule has 5 rings (SSSR count). The minimum atomic E-state index is -4.59. The topological polar surface area (TPSA) is 91.1 Å². The summed E-state index contributed by atoms with van der Waals surface area (Å²) in [6.07, 6.45) is -3.92. The first-order valence-electron chi connectivity index (χ1n) is 9.99. The number of H-pyrrole nitrogens is 2. The molecule has 1 aromatic carbocycles. The number of nitrogens with zero attached hydrogens (tertiary/aromatic N) is 2. The lowest BCUT2D eigenvalue weighted by Gasteiger charge is -2.33. The number of aromatic nitrogens is 3. The Kier molecular flexibility index (Phi) is 4.93. The van der Waals surface area contributed by atoms with Gasteiger partial charge in [0, 0.05) is 29.9 Å². The smallest absolute Gasteiger partial charge is 0.373 e. The van der Waals surface area contributed by atoms with E-state index < -0.39 is 40.9 Å². The first kappa shape index (κ1) is 22.0. The van der Waals surface area contributed by atoms with Gasteiger partial charge in [0.05, 0.1) is 30.2 Å². The average molecular weight is 478 g/mol. The fourth-order valence-electron chi connectivity index (χ4n) is 4.16. The van der Waals surface area contributed by atoms with Crippen LogP contribution in [-0.4, -0.2) is 39.4 Å². The third-order valence-electron chi connectivity index (χ3n) is 5.86. The molecule has 0 saturated carbocycles. The van der Waals surface area contributed by atoms with Crippen molar-refractivity contribution in [3.8, 4) is 0 Å². The Balaban J connectivity index is 1.57. The fraction of sp³-hybridized carbons (Fsp3) is 0.227. The Bertz CT molecular complexity index is 1530. The zero-order valence-electron chi connectivity index (χ0n) is 17.4. The molecule has 1 aliphatic heterocycles. The van der Waals surface area contributed by atoms with Gasteiger partial charge in [0.1, 0.15) is 11.3 Å². The first-order valence-corrected chi connectivity index (χ1v) is 9.99. The molecule has 0 fully saturated rings. The molecule has 176 valence electrons. The quantitative estimate of drug-likeness (QED) is 0.426. The highest BCUT2D eigenvalue weighted by Crippen LogP contribution is 2.35. The van der Waals surface area contributed by atoms with Crippen molar-refractivity contribution < 1.29 is 31.5 Å². The molecule has 4 heterocycles. The van der Waals surface area contributed by atoms with Crippen molar-refractivity contribution in [3.63, 3.8) is 0 Å². The lowest BCUT2D eigenvalue weighted by molar-refractivity contribution is -0.137. The molecular formula is C22H15F5N4O3. The number of ether oxygens (including phenoxy) is 1. The SMILES string of the molecule is CN(C(=O)c1cc2cc(C(F)(F)F)cnc2[nH]1)[C@@H]1COCc2[nH]c(=O)c3cc(F)c(F)cc3c21. The van der Waals surface area contributed by atoms with Crippen LogP contribution in [0, 0.1) is 11.6 Å². The lowest BCUT2D eigenvalue weighted by Crippen LogP contribution is -2.37. The van der Waals surface area contributed by atoms with Crippen LogP contribution in [-0.2, 0) is 17.5 Å². The van der Waals surface area contributed by atoms with E-state index in [0.717, 1.165) is 18.2 Å².